The average molecular weight is 415 g/mol. The molecule has 2 aromatic carbocycles. The number of nitrogens with zero attached hydrogens (tertiary/aromatic N) is 2. The minimum absolute atomic E-state index is 0.0775. The third kappa shape index (κ3) is 3.54. The highest BCUT2D eigenvalue weighted by Crippen LogP contribution is 2.38. The molecule has 0 unspecified atom stereocenters. The number of hydrogen-bond acceptors (Lipinski definition) is 4. The number of amides is 4. The first-order chi connectivity index (χ1) is 14.6. The van der Waals surface area contributed by atoms with Gasteiger partial charge in [-0.1, -0.05) is 29.8 Å². The minimum Gasteiger partial charge on any atom is -0.366 e. The summed E-state index contributed by atoms with van der Waals surface area (Å²) in [4.78, 5) is 41.1. The lowest BCUT2D eigenvalue weighted by molar-refractivity contribution is -0.122. The molecule has 0 spiro atoms. The molecule has 0 bridgehead atoms. The Hall–Kier alpha value is -3.67. The standard InChI is InChI=1S/C25H25N3O3/c1-15-6-9-18(10-7-15)28-23(30)20(22(29)26-24(28)31)13-17-8-11-21-19(12-17)16(2)14-25(3,4)27(21)5/h6-14H,1-5H3,(H,26,29,31)/b20-13-. The number of carbonyl (C=O) groups excluding carboxylic acids is 3. The predicted molar refractivity (Wildman–Crippen MR) is 123 cm³/mol. The highest BCUT2D eigenvalue weighted by Gasteiger charge is 2.37. The average Bonchev–Trinajstić information content (AvgIpc) is 2.70. The number of barbiturate groups is 1. The number of anilines is 2. The summed E-state index contributed by atoms with van der Waals surface area (Å²) in [6, 6.07) is 12.1. The zero-order chi connectivity index (χ0) is 22.5. The van der Waals surface area contributed by atoms with Gasteiger partial charge in [-0.05, 0) is 69.2 Å². The SMILES string of the molecule is CC1=CC(C)(C)N(C)c2ccc(/C=C3/C(=O)NC(=O)N(c4ccc(C)cc4)C3=O)cc21. The maximum atomic E-state index is 13.1. The summed E-state index contributed by atoms with van der Waals surface area (Å²) in [6.45, 7) is 8.27. The molecular weight excluding hydrogens is 390 g/mol. The Bertz CT molecular complexity index is 1170. The molecule has 0 aromatic heterocycles. The van der Waals surface area contributed by atoms with Gasteiger partial charge in [0.1, 0.15) is 5.57 Å². The van der Waals surface area contributed by atoms with Crippen LogP contribution in [0.3, 0.4) is 0 Å². The van der Waals surface area contributed by atoms with Crippen LogP contribution in [0.4, 0.5) is 16.2 Å². The Kier molecular flexibility index (Phi) is 4.81. The lowest BCUT2D eigenvalue weighted by atomic mass is 9.88. The fourth-order valence-corrected chi connectivity index (χ4v) is 4.02. The number of rotatable bonds is 2. The van der Waals surface area contributed by atoms with Crippen LogP contribution in [0.2, 0.25) is 0 Å². The van der Waals surface area contributed by atoms with Crippen molar-refractivity contribution in [2.45, 2.75) is 33.2 Å². The molecule has 2 aliphatic heterocycles. The summed E-state index contributed by atoms with van der Waals surface area (Å²) in [5.41, 5.74) is 5.22. The van der Waals surface area contributed by atoms with Gasteiger partial charge in [-0.25, -0.2) is 9.69 Å². The summed E-state index contributed by atoms with van der Waals surface area (Å²) >= 11 is 0. The first-order valence-electron chi connectivity index (χ1n) is 10.1. The van der Waals surface area contributed by atoms with Crippen molar-refractivity contribution in [1.82, 2.24) is 5.32 Å². The number of imide groups is 2. The van der Waals surface area contributed by atoms with E-state index >= 15 is 0 Å². The summed E-state index contributed by atoms with van der Waals surface area (Å²) < 4.78 is 0. The van der Waals surface area contributed by atoms with Crippen molar-refractivity contribution in [2.75, 3.05) is 16.8 Å². The highest BCUT2D eigenvalue weighted by atomic mass is 16.2. The van der Waals surface area contributed by atoms with Crippen molar-refractivity contribution in [2.24, 2.45) is 0 Å². The van der Waals surface area contributed by atoms with E-state index < -0.39 is 17.8 Å². The van der Waals surface area contributed by atoms with Crippen molar-refractivity contribution in [3.05, 3.63) is 70.8 Å². The van der Waals surface area contributed by atoms with E-state index in [0.717, 1.165) is 32.9 Å². The smallest absolute Gasteiger partial charge is 0.335 e. The second kappa shape index (κ2) is 7.23. The quantitative estimate of drug-likeness (QED) is 0.587. The summed E-state index contributed by atoms with van der Waals surface area (Å²) in [5.74, 6) is -1.33. The fraction of sp³-hybridized carbons (Fsp3) is 0.240. The number of hydrogen-bond donors (Lipinski definition) is 1. The van der Waals surface area contributed by atoms with Gasteiger partial charge in [-0.2, -0.15) is 0 Å². The van der Waals surface area contributed by atoms with Crippen LogP contribution in [-0.4, -0.2) is 30.4 Å². The maximum absolute atomic E-state index is 13.1. The van der Waals surface area contributed by atoms with E-state index in [2.05, 4.69) is 37.1 Å². The van der Waals surface area contributed by atoms with Gasteiger partial charge in [0.25, 0.3) is 11.8 Å². The number of fused-ring (bicyclic) bond motifs is 1. The van der Waals surface area contributed by atoms with Crippen molar-refractivity contribution in [3.8, 4) is 0 Å². The van der Waals surface area contributed by atoms with E-state index in [4.69, 9.17) is 0 Å². The molecule has 2 aromatic rings. The largest absolute Gasteiger partial charge is 0.366 e. The number of urea groups is 1. The minimum atomic E-state index is -0.746. The normalized spacial score (nSPS) is 19.3. The predicted octanol–water partition coefficient (Wildman–Crippen LogP) is 4.29. The Labute approximate surface area is 181 Å². The summed E-state index contributed by atoms with van der Waals surface area (Å²) in [7, 11) is 2.04. The number of likely N-dealkylation sites (N-methyl/N-ethyl adjacent to an activating group) is 1. The molecule has 0 aliphatic carbocycles. The number of benzene rings is 2. The first kappa shape index (κ1) is 20.6. The van der Waals surface area contributed by atoms with E-state index in [1.165, 1.54) is 0 Å². The van der Waals surface area contributed by atoms with E-state index in [0.29, 0.717) is 5.69 Å². The molecule has 6 heteroatoms. The fourth-order valence-electron chi connectivity index (χ4n) is 4.02. The molecule has 0 atom stereocenters. The number of allylic oxidation sites excluding steroid dienone is 1. The third-order valence-electron chi connectivity index (χ3n) is 5.95. The monoisotopic (exact) mass is 415 g/mol. The Morgan fingerprint density at radius 2 is 1.65 bits per heavy atom. The van der Waals surface area contributed by atoms with E-state index in [9.17, 15) is 14.4 Å². The summed E-state index contributed by atoms with van der Waals surface area (Å²) in [6.07, 6.45) is 3.74. The van der Waals surface area contributed by atoms with Crippen LogP contribution in [0, 0.1) is 6.92 Å². The van der Waals surface area contributed by atoms with Crippen LogP contribution in [0.5, 0.6) is 0 Å². The van der Waals surface area contributed by atoms with Crippen LogP contribution < -0.4 is 15.1 Å². The molecule has 0 radical (unpaired) electrons. The van der Waals surface area contributed by atoms with Crippen molar-refractivity contribution in [1.29, 1.82) is 0 Å². The van der Waals surface area contributed by atoms with E-state index in [-0.39, 0.29) is 11.1 Å². The highest BCUT2D eigenvalue weighted by molar-refractivity contribution is 6.39. The van der Waals surface area contributed by atoms with Gasteiger partial charge in [-0.15, -0.1) is 0 Å². The maximum Gasteiger partial charge on any atom is 0.335 e. The summed E-state index contributed by atoms with van der Waals surface area (Å²) in [5, 5.41) is 2.27. The molecular formula is C25H25N3O3. The molecule has 4 amide bonds. The van der Waals surface area contributed by atoms with Gasteiger partial charge in [0.2, 0.25) is 0 Å². The van der Waals surface area contributed by atoms with Crippen LogP contribution >= 0.6 is 0 Å². The topological polar surface area (TPSA) is 69.7 Å². The van der Waals surface area contributed by atoms with Crippen LogP contribution in [-0.2, 0) is 9.59 Å². The molecule has 2 aliphatic rings. The van der Waals surface area contributed by atoms with Gasteiger partial charge >= 0.3 is 6.03 Å². The Morgan fingerprint density at radius 3 is 2.32 bits per heavy atom. The van der Waals surface area contributed by atoms with Gasteiger partial charge in [0.05, 0.1) is 11.2 Å². The van der Waals surface area contributed by atoms with Crippen molar-refractivity contribution in [3.63, 3.8) is 0 Å². The van der Waals surface area contributed by atoms with Gasteiger partial charge in [-0.3, -0.25) is 14.9 Å². The van der Waals surface area contributed by atoms with E-state index in [1.807, 2.05) is 44.3 Å². The van der Waals surface area contributed by atoms with Crippen molar-refractivity contribution < 1.29 is 14.4 Å². The molecule has 2 heterocycles. The van der Waals surface area contributed by atoms with Crippen LogP contribution in [0.15, 0.2) is 54.1 Å². The zero-order valence-electron chi connectivity index (χ0n) is 18.3. The third-order valence-corrected chi connectivity index (χ3v) is 5.95. The van der Waals surface area contributed by atoms with Gasteiger partial charge in [0.15, 0.2) is 0 Å². The first-order valence-corrected chi connectivity index (χ1v) is 10.1. The van der Waals surface area contributed by atoms with Crippen molar-refractivity contribution >= 4 is 40.9 Å². The Balaban J connectivity index is 1.73. The lowest BCUT2D eigenvalue weighted by Gasteiger charge is -2.40. The van der Waals surface area contributed by atoms with Gasteiger partial charge in [0, 0.05) is 18.3 Å². The Morgan fingerprint density at radius 1 is 0.968 bits per heavy atom. The molecule has 158 valence electrons. The molecule has 6 nitrogen and oxygen atoms in total. The van der Waals surface area contributed by atoms with Gasteiger partial charge < -0.3 is 4.90 Å². The molecule has 31 heavy (non-hydrogen) atoms. The lowest BCUT2D eigenvalue weighted by Crippen LogP contribution is -2.54. The molecule has 0 saturated carbocycles. The number of aryl methyl sites for hydroxylation is 1. The molecule has 1 saturated heterocycles. The second-order valence-corrected chi connectivity index (χ2v) is 8.61. The molecule has 4 rings (SSSR count). The molecule has 1 N–H and O–H groups in total. The zero-order valence-corrected chi connectivity index (χ0v) is 18.3. The van der Waals surface area contributed by atoms with Crippen LogP contribution in [0.25, 0.3) is 11.6 Å². The molecule has 1 fully saturated rings. The van der Waals surface area contributed by atoms with E-state index in [1.54, 1.807) is 18.2 Å². The van der Waals surface area contributed by atoms with Crippen LogP contribution in [0.1, 0.15) is 37.5 Å². The number of carbonyl (C=O) groups is 3. The number of nitrogens with one attached hydrogen (secondary N) is 1. The second-order valence-electron chi connectivity index (χ2n) is 8.61.